The first-order valence-electron chi connectivity index (χ1n) is 15.3. The van der Waals surface area contributed by atoms with Crippen molar-refractivity contribution in [2.75, 3.05) is 39.3 Å². The van der Waals surface area contributed by atoms with Gasteiger partial charge < -0.3 is 27.0 Å². The zero-order valence-electron chi connectivity index (χ0n) is 25.0. The van der Waals surface area contributed by atoms with Gasteiger partial charge >= 0.3 is 0 Å². The Morgan fingerprint density at radius 2 is 1.71 bits per heavy atom. The van der Waals surface area contributed by atoms with E-state index in [9.17, 15) is 14.0 Å². The highest BCUT2D eigenvalue weighted by Gasteiger charge is 2.44. The lowest BCUT2D eigenvalue weighted by Gasteiger charge is -2.46. The van der Waals surface area contributed by atoms with Crippen LogP contribution in [0.25, 0.3) is 0 Å². The minimum atomic E-state index is -1.23. The Morgan fingerprint density at radius 3 is 2.29 bits per heavy atom. The summed E-state index contributed by atoms with van der Waals surface area (Å²) in [5, 5.41) is 6.11. The Kier molecular flexibility index (Phi) is 10.4. The molecule has 0 saturated carbocycles. The Hall–Kier alpha value is -1.76. The highest BCUT2D eigenvalue weighted by Crippen LogP contribution is 2.35. The second kappa shape index (κ2) is 13.3. The van der Waals surface area contributed by atoms with Crippen LogP contribution in [0.15, 0.2) is 4.99 Å². The standard InChI is InChI=1S/C29H50F3N7O2/c1-16(2)24-19(31)5-8-29(3,4)11-21(36-24)23(26(33)34)27(40)37-22-13-35-12-20(32)25(22)38-9-6-17(7-10-38)28(41)39-14-18(30)15-39/h16-20,22-26,35H,5-15,33-34H2,1-4H3,(H,37,40)/b36-21+. The topological polar surface area (TPSA) is 129 Å². The predicted molar refractivity (Wildman–Crippen MR) is 153 cm³/mol. The molecule has 6 atom stereocenters. The number of nitrogens with two attached hydrogens (primary N) is 2. The summed E-state index contributed by atoms with van der Waals surface area (Å²) in [4.78, 5) is 34.9. The van der Waals surface area contributed by atoms with Crippen LogP contribution in [0.5, 0.6) is 0 Å². The molecule has 234 valence electrons. The molecule has 0 aromatic rings. The van der Waals surface area contributed by atoms with Crippen molar-refractivity contribution in [1.29, 1.82) is 0 Å². The first-order chi connectivity index (χ1) is 19.3. The van der Waals surface area contributed by atoms with Gasteiger partial charge in [0.1, 0.15) is 24.4 Å². The number of hydrogen-bond donors (Lipinski definition) is 4. The van der Waals surface area contributed by atoms with Gasteiger partial charge in [0.05, 0.1) is 37.4 Å². The van der Waals surface area contributed by atoms with E-state index in [0.717, 1.165) is 0 Å². The molecule has 4 rings (SSSR count). The molecule has 0 aliphatic carbocycles. The molecule has 3 fully saturated rings. The summed E-state index contributed by atoms with van der Waals surface area (Å²) in [6, 6.07) is -1.73. The van der Waals surface area contributed by atoms with Gasteiger partial charge in [-0.1, -0.05) is 27.7 Å². The largest absolute Gasteiger partial charge is 0.350 e. The summed E-state index contributed by atoms with van der Waals surface area (Å²) in [6.07, 6.45) is -1.72. The van der Waals surface area contributed by atoms with E-state index in [1.807, 2.05) is 32.6 Å². The summed E-state index contributed by atoms with van der Waals surface area (Å²) in [7, 11) is 0. The highest BCUT2D eigenvalue weighted by atomic mass is 19.1. The van der Waals surface area contributed by atoms with Gasteiger partial charge in [-0.2, -0.15) is 0 Å². The Bertz CT molecular complexity index is 951. The summed E-state index contributed by atoms with van der Waals surface area (Å²) < 4.78 is 43.9. The van der Waals surface area contributed by atoms with E-state index < -0.39 is 54.6 Å². The van der Waals surface area contributed by atoms with Crippen LogP contribution >= 0.6 is 0 Å². The van der Waals surface area contributed by atoms with Crippen LogP contribution in [0.1, 0.15) is 59.8 Å². The first-order valence-corrected chi connectivity index (χ1v) is 15.3. The molecule has 3 saturated heterocycles. The number of likely N-dealkylation sites (tertiary alicyclic amines) is 2. The molecule has 2 amide bonds. The number of nitrogens with zero attached hydrogens (tertiary/aromatic N) is 3. The van der Waals surface area contributed by atoms with Gasteiger partial charge in [0.2, 0.25) is 11.8 Å². The van der Waals surface area contributed by atoms with Gasteiger partial charge in [0.15, 0.2) is 0 Å². The average molecular weight is 586 g/mol. The zero-order valence-corrected chi connectivity index (χ0v) is 25.0. The fourth-order valence-corrected chi connectivity index (χ4v) is 6.97. The lowest BCUT2D eigenvalue weighted by atomic mass is 9.76. The number of amides is 2. The lowest BCUT2D eigenvalue weighted by molar-refractivity contribution is -0.144. The van der Waals surface area contributed by atoms with Gasteiger partial charge in [-0.25, -0.2) is 13.2 Å². The van der Waals surface area contributed by atoms with Crippen molar-refractivity contribution in [1.82, 2.24) is 20.4 Å². The van der Waals surface area contributed by atoms with Crippen LogP contribution in [0.3, 0.4) is 0 Å². The monoisotopic (exact) mass is 585 g/mol. The van der Waals surface area contributed by atoms with Crippen LogP contribution in [0.2, 0.25) is 0 Å². The second-order valence-corrected chi connectivity index (χ2v) is 13.7. The van der Waals surface area contributed by atoms with Crippen molar-refractivity contribution in [3.63, 3.8) is 0 Å². The van der Waals surface area contributed by atoms with E-state index in [1.165, 1.54) is 0 Å². The maximum atomic E-state index is 15.4. The van der Waals surface area contributed by atoms with Crippen molar-refractivity contribution >= 4 is 17.5 Å². The van der Waals surface area contributed by atoms with E-state index in [2.05, 4.69) is 10.6 Å². The molecule has 0 bridgehead atoms. The maximum Gasteiger partial charge on any atom is 0.232 e. The van der Waals surface area contributed by atoms with Crippen molar-refractivity contribution in [2.45, 2.75) is 103 Å². The summed E-state index contributed by atoms with van der Waals surface area (Å²) >= 11 is 0. The summed E-state index contributed by atoms with van der Waals surface area (Å²) in [5.74, 6) is -1.68. The molecule has 0 spiro atoms. The molecule has 4 aliphatic rings. The minimum Gasteiger partial charge on any atom is -0.350 e. The SMILES string of the molecule is CC(C)C1/N=C(/C(C(=O)NC2CNCC(F)C2N2CCC(C(=O)N3CC(F)C3)CC2)C(N)N)CC(C)(C)CCC1F. The van der Waals surface area contributed by atoms with Crippen LogP contribution in [-0.2, 0) is 9.59 Å². The van der Waals surface area contributed by atoms with Crippen LogP contribution < -0.4 is 22.1 Å². The van der Waals surface area contributed by atoms with Gasteiger partial charge in [-0.05, 0) is 56.5 Å². The minimum absolute atomic E-state index is 0.0246. The van der Waals surface area contributed by atoms with Crippen LogP contribution in [0.4, 0.5) is 13.2 Å². The highest BCUT2D eigenvalue weighted by molar-refractivity contribution is 6.05. The molecule has 4 heterocycles. The average Bonchev–Trinajstić information content (AvgIpc) is 2.87. The predicted octanol–water partition coefficient (Wildman–Crippen LogP) is 1.55. The number of alkyl halides is 3. The molecule has 12 heteroatoms. The fraction of sp³-hybridized carbons (Fsp3) is 0.897. The molecule has 0 radical (unpaired) electrons. The van der Waals surface area contributed by atoms with Gasteiger partial charge in [0.25, 0.3) is 0 Å². The lowest BCUT2D eigenvalue weighted by Crippen LogP contribution is -2.67. The normalized spacial score (nSPS) is 34.4. The van der Waals surface area contributed by atoms with Crippen molar-refractivity contribution < 1.29 is 22.8 Å². The molecule has 6 unspecified atom stereocenters. The Labute approximate surface area is 242 Å². The Morgan fingerprint density at radius 1 is 1.05 bits per heavy atom. The fourth-order valence-electron chi connectivity index (χ4n) is 6.97. The van der Waals surface area contributed by atoms with Crippen molar-refractivity contribution in [2.24, 2.45) is 39.6 Å². The molecule has 9 nitrogen and oxygen atoms in total. The van der Waals surface area contributed by atoms with E-state index in [0.29, 0.717) is 57.5 Å². The number of nitrogens with one attached hydrogen (secondary N) is 2. The molecule has 6 N–H and O–H groups in total. The molecular weight excluding hydrogens is 535 g/mol. The van der Waals surface area contributed by atoms with Gasteiger partial charge in [-0.15, -0.1) is 0 Å². The number of aliphatic imine (C=N–C) groups is 1. The maximum absolute atomic E-state index is 15.4. The molecule has 4 aliphatic heterocycles. The third kappa shape index (κ3) is 7.61. The smallest absolute Gasteiger partial charge is 0.232 e. The molecule has 0 aromatic heterocycles. The third-order valence-corrected chi connectivity index (χ3v) is 9.41. The van der Waals surface area contributed by atoms with Gasteiger partial charge in [0, 0.05) is 24.7 Å². The van der Waals surface area contributed by atoms with Gasteiger partial charge in [-0.3, -0.25) is 19.5 Å². The molecule has 0 aromatic carbocycles. The number of carbonyl (C=O) groups is 2. The second-order valence-electron chi connectivity index (χ2n) is 13.7. The van der Waals surface area contributed by atoms with E-state index in [1.54, 1.807) is 4.90 Å². The molecule has 41 heavy (non-hydrogen) atoms. The van der Waals surface area contributed by atoms with Crippen molar-refractivity contribution in [3.05, 3.63) is 0 Å². The van der Waals surface area contributed by atoms with E-state index in [4.69, 9.17) is 16.5 Å². The van der Waals surface area contributed by atoms with E-state index in [-0.39, 0.29) is 42.8 Å². The number of rotatable bonds is 7. The summed E-state index contributed by atoms with van der Waals surface area (Å²) in [6.45, 7) is 9.76. The summed E-state index contributed by atoms with van der Waals surface area (Å²) in [5.41, 5.74) is 12.6. The van der Waals surface area contributed by atoms with E-state index >= 15 is 8.78 Å². The molecular formula is C29H50F3N7O2. The Balaban J connectivity index is 1.48. The number of halogens is 3. The van der Waals surface area contributed by atoms with Crippen LogP contribution in [-0.4, -0.2) is 109 Å². The quantitative estimate of drug-likeness (QED) is 0.336. The number of piperidine rings is 2. The number of carbonyl (C=O) groups excluding carboxylic acids is 2. The number of hydrogen-bond acceptors (Lipinski definition) is 7. The zero-order chi connectivity index (χ0) is 30.1. The first kappa shape index (κ1) is 32.2. The third-order valence-electron chi connectivity index (χ3n) is 9.41. The van der Waals surface area contributed by atoms with Crippen molar-refractivity contribution in [3.8, 4) is 0 Å². The van der Waals surface area contributed by atoms with Crippen LogP contribution in [0, 0.1) is 23.2 Å².